The normalized spacial score (nSPS) is 12.9. The lowest BCUT2D eigenvalue weighted by molar-refractivity contribution is 0.534. The highest BCUT2D eigenvalue weighted by Crippen LogP contribution is 2.18. The summed E-state index contributed by atoms with van der Waals surface area (Å²) in [7, 11) is 3.81. The summed E-state index contributed by atoms with van der Waals surface area (Å²) in [6, 6.07) is 2.07. The second-order valence-corrected chi connectivity index (χ2v) is 4.08. The van der Waals surface area contributed by atoms with Gasteiger partial charge in [-0.05, 0) is 19.0 Å². The molecule has 0 aromatic carbocycles. The van der Waals surface area contributed by atoms with Crippen LogP contribution in [0.3, 0.4) is 0 Å². The van der Waals surface area contributed by atoms with Crippen molar-refractivity contribution < 1.29 is 0 Å². The Labute approximate surface area is 101 Å². The summed E-state index contributed by atoms with van der Waals surface area (Å²) in [5.41, 5.74) is 2.02. The minimum Gasteiger partial charge on any atom is -0.304 e. The number of nitrogens with zero attached hydrogens (tertiary/aromatic N) is 5. The smallest absolute Gasteiger partial charge is 0.0956 e. The van der Waals surface area contributed by atoms with Crippen molar-refractivity contribution in [1.29, 1.82) is 0 Å². The molecule has 0 amide bonds. The molecule has 2 heterocycles. The molecule has 92 valence electrons. The van der Waals surface area contributed by atoms with Crippen molar-refractivity contribution in [1.82, 2.24) is 30.1 Å². The molecule has 0 fully saturated rings. The third-order valence-corrected chi connectivity index (χ3v) is 2.67. The van der Waals surface area contributed by atoms with E-state index in [0.29, 0.717) is 0 Å². The zero-order valence-electron chi connectivity index (χ0n) is 10.5. The highest BCUT2D eigenvalue weighted by molar-refractivity contribution is 5.18. The summed E-state index contributed by atoms with van der Waals surface area (Å²) in [5, 5.41) is 15.8. The predicted octanol–water partition coefficient (Wildman–Crippen LogP) is 0.638. The Bertz CT molecular complexity index is 472. The molecule has 6 nitrogen and oxygen atoms in total. The molecule has 2 aromatic heterocycles. The van der Waals surface area contributed by atoms with E-state index in [-0.39, 0.29) is 6.04 Å². The van der Waals surface area contributed by atoms with Crippen LogP contribution >= 0.6 is 0 Å². The monoisotopic (exact) mass is 234 g/mol. The Hall–Kier alpha value is -1.69. The predicted molar refractivity (Wildman–Crippen MR) is 64.3 cm³/mol. The van der Waals surface area contributed by atoms with Crippen LogP contribution in [0.5, 0.6) is 0 Å². The zero-order valence-corrected chi connectivity index (χ0v) is 10.5. The fourth-order valence-corrected chi connectivity index (χ4v) is 1.80. The van der Waals surface area contributed by atoms with Crippen LogP contribution in [0, 0.1) is 0 Å². The number of aromatic nitrogens is 5. The van der Waals surface area contributed by atoms with Crippen molar-refractivity contribution in [2.45, 2.75) is 19.4 Å². The molecule has 0 aliphatic carbocycles. The van der Waals surface area contributed by atoms with Crippen molar-refractivity contribution in [2.75, 3.05) is 6.54 Å². The quantitative estimate of drug-likeness (QED) is 0.824. The van der Waals surface area contributed by atoms with Gasteiger partial charge < -0.3 is 5.32 Å². The molecule has 1 N–H and O–H groups in total. The Morgan fingerprint density at radius 1 is 1.41 bits per heavy atom. The van der Waals surface area contributed by atoms with Gasteiger partial charge in [0, 0.05) is 20.3 Å². The van der Waals surface area contributed by atoms with Gasteiger partial charge in [-0.1, -0.05) is 12.1 Å². The molecule has 2 aromatic rings. The van der Waals surface area contributed by atoms with E-state index in [0.717, 1.165) is 24.4 Å². The molecule has 0 aliphatic rings. The van der Waals surface area contributed by atoms with Gasteiger partial charge >= 0.3 is 0 Å². The van der Waals surface area contributed by atoms with Crippen LogP contribution in [-0.4, -0.2) is 31.3 Å². The van der Waals surface area contributed by atoms with Gasteiger partial charge in [-0.15, -0.1) is 5.10 Å². The largest absolute Gasteiger partial charge is 0.304 e. The number of hydrogen-bond donors (Lipinski definition) is 1. The molecule has 1 unspecified atom stereocenters. The molecule has 0 spiro atoms. The lowest BCUT2D eigenvalue weighted by atomic mass is 10.1. The summed E-state index contributed by atoms with van der Waals surface area (Å²) in [5.74, 6) is 0. The van der Waals surface area contributed by atoms with Crippen LogP contribution in [0.15, 0.2) is 18.5 Å². The first kappa shape index (κ1) is 11.8. The van der Waals surface area contributed by atoms with E-state index in [9.17, 15) is 0 Å². The molecule has 2 rings (SSSR count). The molecule has 0 saturated carbocycles. The maximum absolute atomic E-state index is 4.45. The summed E-state index contributed by atoms with van der Waals surface area (Å²) in [4.78, 5) is 0. The fourth-order valence-electron chi connectivity index (χ4n) is 1.80. The van der Waals surface area contributed by atoms with Gasteiger partial charge in [-0.2, -0.15) is 5.10 Å². The molecule has 6 heteroatoms. The number of rotatable bonds is 5. The topological polar surface area (TPSA) is 60.6 Å². The van der Waals surface area contributed by atoms with E-state index >= 15 is 0 Å². The molecular formula is C11H18N6. The van der Waals surface area contributed by atoms with Crippen molar-refractivity contribution >= 4 is 0 Å². The van der Waals surface area contributed by atoms with Crippen LogP contribution in [0.4, 0.5) is 0 Å². The summed E-state index contributed by atoms with van der Waals surface area (Å²) in [6.45, 7) is 3.08. The van der Waals surface area contributed by atoms with Gasteiger partial charge in [-0.25, -0.2) is 0 Å². The second kappa shape index (κ2) is 5.09. The SMILES string of the molecule is CCCNC(c1ccn(C)n1)c1cnnn1C. The first-order valence-electron chi connectivity index (χ1n) is 5.80. The van der Waals surface area contributed by atoms with Crippen LogP contribution in [-0.2, 0) is 14.1 Å². The van der Waals surface area contributed by atoms with E-state index in [2.05, 4.69) is 27.7 Å². The molecule has 0 saturated heterocycles. The van der Waals surface area contributed by atoms with Crippen LogP contribution < -0.4 is 5.32 Å². The van der Waals surface area contributed by atoms with E-state index in [4.69, 9.17) is 0 Å². The molecule has 0 aliphatic heterocycles. The van der Waals surface area contributed by atoms with Crippen molar-refractivity contribution in [3.05, 3.63) is 29.8 Å². The minimum absolute atomic E-state index is 0.0520. The molecular weight excluding hydrogens is 216 g/mol. The Morgan fingerprint density at radius 3 is 2.76 bits per heavy atom. The highest BCUT2D eigenvalue weighted by Gasteiger charge is 2.19. The van der Waals surface area contributed by atoms with Crippen molar-refractivity contribution in [3.8, 4) is 0 Å². The minimum atomic E-state index is 0.0520. The zero-order chi connectivity index (χ0) is 12.3. The molecule has 0 bridgehead atoms. The van der Waals surface area contributed by atoms with E-state index < -0.39 is 0 Å². The lowest BCUT2D eigenvalue weighted by Crippen LogP contribution is -2.25. The standard InChI is InChI=1S/C11H18N6/c1-4-6-12-11(9-5-7-16(2)14-9)10-8-13-15-17(10)3/h5,7-8,11-12H,4,6H2,1-3H3. The number of hydrogen-bond acceptors (Lipinski definition) is 4. The van der Waals surface area contributed by atoms with E-state index in [1.807, 2.05) is 26.4 Å². The maximum Gasteiger partial charge on any atom is 0.0956 e. The third-order valence-electron chi connectivity index (χ3n) is 2.67. The van der Waals surface area contributed by atoms with E-state index in [1.54, 1.807) is 15.6 Å². The second-order valence-electron chi connectivity index (χ2n) is 4.08. The molecule has 17 heavy (non-hydrogen) atoms. The van der Waals surface area contributed by atoms with Gasteiger partial charge in [0.05, 0.1) is 23.6 Å². The van der Waals surface area contributed by atoms with Gasteiger partial charge in [-0.3, -0.25) is 9.36 Å². The number of aryl methyl sites for hydroxylation is 2. The summed E-state index contributed by atoms with van der Waals surface area (Å²) < 4.78 is 3.59. The summed E-state index contributed by atoms with van der Waals surface area (Å²) >= 11 is 0. The average Bonchev–Trinajstić information content (AvgIpc) is 2.90. The third kappa shape index (κ3) is 2.52. The van der Waals surface area contributed by atoms with Crippen LogP contribution in [0.25, 0.3) is 0 Å². The van der Waals surface area contributed by atoms with Gasteiger partial charge in [0.1, 0.15) is 0 Å². The van der Waals surface area contributed by atoms with Gasteiger partial charge in [0.2, 0.25) is 0 Å². The van der Waals surface area contributed by atoms with E-state index in [1.165, 1.54) is 0 Å². The van der Waals surface area contributed by atoms with Gasteiger partial charge in [0.15, 0.2) is 0 Å². The van der Waals surface area contributed by atoms with Crippen molar-refractivity contribution in [2.24, 2.45) is 14.1 Å². The average molecular weight is 234 g/mol. The van der Waals surface area contributed by atoms with Crippen molar-refractivity contribution in [3.63, 3.8) is 0 Å². The molecule has 1 atom stereocenters. The van der Waals surface area contributed by atoms with Gasteiger partial charge in [0.25, 0.3) is 0 Å². The first-order chi connectivity index (χ1) is 8.22. The maximum atomic E-state index is 4.45. The first-order valence-corrected chi connectivity index (χ1v) is 5.80. The Morgan fingerprint density at radius 2 is 2.24 bits per heavy atom. The highest BCUT2D eigenvalue weighted by atomic mass is 15.4. The number of nitrogens with one attached hydrogen (secondary N) is 1. The summed E-state index contributed by atoms with van der Waals surface area (Å²) in [6.07, 6.45) is 4.80. The van der Waals surface area contributed by atoms with Crippen LogP contribution in [0.2, 0.25) is 0 Å². The van der Waals surface area contributed by atoms with Crippen LogP contribution in [0.1, 0.15) is 30.8 Å². The Balaban J connectivity index is 2.28. The Kier molecular flexibility index (Phi) is 3.53. The fraction of sp³-hybridized carbons (Fsp3) is 0.545. The molecule has 0 radical (unpaired) electrons. The lowest BCUT2D eigenvalue weighted by Gasteiger charge is -2.15.